The summed E-state index contributed by atoms with van der Waals surface area (Å²) in [7, 11) is -3.29. The fraction of sp³-hybridized carbons (Fsp3) is 0.391. The van der Waals surface area contributed by atoms with E-state index in [1.807, 2.05) is 36.9 Å². The third-order valence-electron chi connectivity index (χ3n) is 5.77. The van der Waals surface area contributed by atoms with E-state index >= 15 is 0 Å². The first-order valence-corrected chi connectivity index (χ1v) is 12.8. The number of halogens is 3. The summed E-state index contributed by atoms with van der Waals surface area (Å²) in [6.07, 6.45) is 1.45. The molecule has 176 valence electrons. The number of hydrogen-bond acceptors (Lipinski definition) is 5. The third-order valence-corrected chi connectivity index (χ3v) is 8.02. The van der Waals surface area contributed by atoms with Crippen LogP contribution in [0.1, 0.15) is 25.3 Å². The van der Waals surface area contributed by atoms with Crippen molar-refractivity contribution >= 4 is 38.3 Å². The highest BCUT2D eigenvalue weighted by atomic mass is 35.5. The molecule has 1 saturated heterocycles. The number of aromatic nitrogens is 2. The van der Waals surface area contributed by atoms with Crippen molar-refractivity contribution in [3.05, 3.63) is 52.6 Å². The number of anilines is 1. The van der Waals surface area contributed by atoms with Crippen LogP contribution in [0.25, 0.3) is 22.3 Å². The maximum Gasteiger partial charge on any atom is 0.214 e. The van der Waals surface area contributed by atoms with Gasteiger partial charge in [-0.05, 0) is 37.1 Å². The molecular weight excluding hydrogens is 470 g/mol. The molecule has 10 heteroatoms. The molecule has 1 aliphatic heterocycles. The highest BCUT2D eigenvalue weighted by Crippen LogP contribution is 2.32. The normalized spacial score (nSPS) is 15.4. The molecule has 0 aliphatic carbocycles. The molecule has 4 rings (SSSR count). The molecule has 6 nitrogen and oxygen atoms in total. The lowest BCUT2D eigenvalue weighted by atomic mass is 10.1. The number of sulfonamides is 1. The van der Waals surface area contributed by atoms with E-state index in [1.54, 1.807) is 0 Å². The molecule has 0 radical (unpaired) electrons. The molecular formula is C23H25ClF2N4O2S. The Kier molecular flexibility index (Phi) is 6.83. The lowest BCUT2D eigenvalue weighted by Gasteiger charge is -2.35. The van der Waals surface area contributed by atoms with Crippen molar-refractivity contribution in [2.24, 2.45) is 0 Å². The quantitative estimate of drug-likeness (QED) is 0.461. The molecule has 0 spiro atoms. The van der Waals surface area contributed by atoms with Gasteiger partial charge in [-0.25, -0.2) is 27.2 Å². The Morgan fingerprint density at radius 2 is 1.76 bits per heavy atom. The monoisotopic (exact) mass is 494 g/mol. The molecule has 0 bridgehead atoms. The van der Waals surface area contributed by atoms with Crippen LogP contribution >= 0.6 is 11.6 Å². The lowest BCUT2D eigenvalue weighted by molar-refractivity contribution is 0.383. The number of unbranched alkanes of at least 4 members (excludes halogenated alkanes) is 1. The van der Waals surface area contributed by atoms with Gasteiger partial charge in [0.2, 0.25) is 10.0 Å². The average Bonchev–Trinajstić information content (AvgIpc) is 2.79. The van der Waals surface area contributed by atoms with Crippen molar-refractivity contribution in [2.45, 2.75) is 26.7 Å². The zero-order chi connectivity index (χ0) is 23.8. The molecule has 1 aliphatic rings. The number of fused-ring (bicyclic) bond motifs is 1. The predicted octanol–water partition coefficient (Wildman–Crippen LogP) is 4.79. The Hall–Kier alpha value is -2.36. The SMILES string of the molecule is CCCCS(=O)(=O)N1CCN(c2nc(-c3cc(Cl)c(F)cc3F)nc3cc(C)ccc23)CC1. The molecule has 2 heterocycles. The second kappa shape index (κ2) is 9.48. The van der Waals surface area contributed by atoms with Gasteiger partial charge in [-0.2, -0.15) is 4.31 Å². The van der Waals surface area contributed by atoms with E-state index in [0.717, 1.165) is 23.4 Å². The zero-order valence-electron chi connectivity index (χ0n) is 18.5. The molecule has 0 amide bonds. The summed E-state index contributed by atoms with van der Waals surface area (Å²) < 4.78 is 54.9. The Morgan fingerprint density at radius 3 is 2.45 bits per heavy atom. The Balaban J connectivity index is 1.72. The summed E-state index contributed by atoms with van der Waals surface area (Å²) in [5, 5.41) is 0.562. The van der Waals surface area contributed by atoms with E-state index in [2.05, 4.69) is 9.97 Å². The van der Waals surface area contributed by atoms with Gasteiger partial charge >= 0.3 is 0 Å². The summed E-state index contributed by atoms with van der Waals surface area (Å²) in [6, 6.07) is 7.63. The van der Waals surface area contributed by atoms with Crippen LogP contribution in [-0.4, -0.2) is 54.6 Å². The standard InChI is InChI=1S/C23H25ClF2N4O2S/c1-3-4-11-33(31,32)30-9-7-29(8-10-30)23-16-6-5-15(2)12-21(16)27-22(28-23)17-13-18(24)20(26)14-19(17)25/h5-6,12-14H,3-4,7-11H2,1-2H3. The van der Waals surface area contributed by atoms with Gasteiger partial charge in [0.15, 0.2) is 5.82 Å². The second-order valence-corrected chi connectivity index (χ2v) is 10.7. The number of hydrogen-bond donors (Lipinski definition) is 0. The molecule has 2 aromatic carbocycles. The van der Waals surface area contributed by atoms with E-state index in [1.165, 1.54) is 10.4 Å². The first-order valence-electron chi connectivity index (χ1n) is 10.9. The van der Waals surface area contributed by atoms with Crippen LogP contribution < -0.4 is 4.90 Å². The van der Waals surface area contributed by atoms with Gasteiger partial charge in [0.25, 0.3) is 0 Å². The van der Waals surface area contributed by atoms with Gasteiger partial charge < -0.3 is 4.90 Å². The van der Waals surface area contributed by atoms with Crippen molar-refractivity contribution < 1.29 is 17.2 Å². The first-order chi connectivity index (χ1) is 15.7. The summed E-state index contributed by atoms with van der Waals surface area (Å²) in [6.45, 7) is 5.46. The predicted molar refractivity (Wildman–Crippen MR) is 127 cm³/mol. The fourth-order valence-electron chi connectivity index (χ4n) is 3.91. The van der Waals surface area contributed by atoms with E-state index in [4.69, 9.17) is 11.6 Å². The minimum atomic E-state index is -3.29. The number of nitrogens with zero attached hydrogens (tertiary/aromatic N) is 4. The van der Waals surface area contributed by atoms with Crippen molar-refractivity contribution in [2.75, 3.05) is 36.8 Å². The Morgan fingerprint density at radius 1 is 1.03 bits per heavy atom. The van der Waals surface area contributed by atoms with Crippen LogP contribution in [-0.2, 0) is 10.0 Å². The van der Waals surface area contributed by atoms with Crippen LogP contribution in [0.5, 0.6) is 0 Å². The number of rotatable bonds is 6. The van der Waals surface area contributed by atoms with E-state index in [0.29, 0.717) is 43.9 Å². The van der Waals surface area contributed by atoms with Crippen LogP contribution in [0.15, 0.2) is 30.3 Å². The molecule has 1 aromatic heterocycles. The van der Waals surface area contributed by atoms with Crippen molar-refractivity contribution in [3.63, 3.8) is 0 Å². The Labute approximate surface area is 197 Å². The third kappa shape index (κ3) is 4.95. The second-order valence-electron chi connectivity index (χ2n) is 8.19. The summed E-state index contributed by atoms with van der Waals surface area (Å²) in [4.78, 5) is 11.1. The number of benzene rings is 2. The van der Waals surface area contributed by atoms with Crippen LogP contribution in [0.4, 0.5) is 14.6 Å². The molecule has 0 saturated carbocycles. The van der Waals surface area contributed by atoms with Gasteiger partial charge in [0.05, 0.1) is 21.9 Å². The zero-order valence-corrected chi connectivity index (χ0v) is 20.1. The molecule has 33 heavy (non-hydrogen) atoms. The smallest absolute Gasteiger partial charge is 0.214 e. The summed E-state index contributed by atoms with van der Waals surface area (Å²) in [5.74, 6) is -0.827. The largest absolute Gasteiger partial charge is 0.353 e. The molecule has 0 unspecified atom stereocenters. The van der Waals surface area contributed by atoms with Crippen LogP contribution in [0.2, 0.25) is 5.02 Å². The molecule has 3 aromatic rings. The van der Waals surface area contributed by atoms with Gasteiger partial charge in [0.1, 0.15) is 17.5 Å². The fourth-order valence-corrected chi connectivity index (χ4v) is 5.71. The maximum absolute atomic E-state index is 14.6. The van der Waals surface area contributed by atoms with E-state index < -0.39 is 21.7 Å². The van der Waals surface area contributed by atoms with Gasteiger partial charge in [-0.1, -0.05) is 31.0 Å². The number of piperazine rings is 1. The lowest BCUT2D eigenvalue weighted by Crippen LogP contribution is -2.49. The summed E-state index contributed by atoms with van der Waals surface area (Å²) in [5.41, 5.74) is 1.60. The van der Waals surface area contributed by atoms with Gasteiger partial charge in [0, 0.05) is 37.6 Å². The van der Waals surface area contributed by atoms with E-state index in [-0.39, 0.29) is 22.2 Å². The minimum absolute atomic E-state index is 0.00633. The maximum atomic E-state index is 14.6. The van der Waals surface area contributed by atoms with Crippen LogP contribution in [0, 0.1) is 18.6 Å². The van der Waals surface area contributed by atoms with Crippen molar-refractivity contribution in [1.29, 1.82) is 0 Å². The average molecular weight is 495 g/mol. The highest BCUT2D eigenvalue weighted by Gasteiger charge is 2.28. The first kappa shape index (κ1) is 23.8. The number of aryl methyl sites for hydroxylation is 1. The topological polar surface area (TPSA) is 66.4 Å². The molecule has 0 atom stereocenters. The van der Waals surface area contributed by atoms with Gasteiger partial charge in [-0.15, -0.1) is 0 Å². The van der Waals surface area contributed by atoms with E-state index in [9.17, 15) is 17.2 Å². The summed E-state index contributed by atoms with van der Waals surface area (Å²) >= 11 is 5.89. The van der Waals surface area contributed by atoms with Crippen molar-refractivity contribution in [1.82, 2.24) is 14.3 Å². The molecule has 0 N–H and O–H groups in total. The Bertz CT molecular complexity index is 1300. The van der Waals surface area contributed by atoms with Crippen LogP contribution in [0.3, 0.4) is 0 Å². The molecule has 1 fully saturated rings. The van der Waals surface area contributed by atoms with Crippen molar-refractivity contribution in [3.8, 4) is 11.4 Å². The van der Waals surface area contributed by atoms with Gasteiger partial charge in [-0.3, -0.25) is 0 Å². The minimum Gasteiger partial charge on any atom is -0.353 e. The highest BCUT2D eigenvalue weighted by molar-refractivity contribution is 7.89.